The zero-order chi connectivity index (χ0) is 19.7. The molecule has 4 rings (SSSR count). The Morgan fingerprint density at radius 3 is 2.64 bits per heavy atom. The molecule has 0 saturated carbocycles. The van der Waals surface area contributed by atoms with Crippen molar-refractivity contribution in [1.82, 2.24) is 14.5 Å². The van der Waals surface area contributed by atoms with E-state index in [1.54, 1.807) is 39.8 Å². The van der Waals surface area contributed by atoms with Crippen LogP contribution in [-0.2, 0) is 4.74 Å². The lowest BCUT2D eigenvalue weighted by Crippen LogP contribution is -2.37. The Morgan fingerprint density at radius 2 is 1.93 bits per heavy atom. The summed E-state index contributed by atoms with van der Waals surface area (Å²) in [7, 11) is 0. The van der Waals surface area contributed by atoms with Crippen LogP contribution >= 0.6 is 34.7 Å². The second kappa shape index (κ2) is 8.55. The van der Waals surface area contributed by atoms with E-state index in [9.17, 15) is 4.79 Å². The van der Waals surface area contributed by atoms with Gasteiger partial charge in [-0.2, -0.15) is 0 Å². The summed E-state index contributed by atoms with van der Waals surface area (Å²) < 4.78 is 7.14. The maximum atomic E-state index is 13.4. The normalized spacial score (nSPS) is 15.4. The van der Waals surface area contributed by atoms with Crippen molar-refractivity contribution in [3.8, 4) is 5.69 Å². The number of thioether (sulfide) groups is 1. The van der Waals surface area contributed by atoms with Gasteiger partial charge in [0.05, 0.1) is 24.3 Å². The predicted molar refractivity (Wildman–Crippen MR) is 118 cm³/mol. The molecule has 5 nitrogen and oxygen atoms in total. The number of ether oxygens (including phenoxy) is 1. The van der Waals surface area contributed by atoms with Gasteiger partial charge < -0.3 is 4.74 Å². The number of benzene rings is 1. The van der Waals surface area contributed by atoms with E-state index in [-0.39, 0.29) is 5.56 Å². The molecule has 0 aliphatic carbocycles. The molecule has 8 heteroatoms. The number of fused-ring (bicyclic) bond motifs is 1. The van der Waals surface area contributed by atoms with Gasteiger partial charge in [0, 0.05) is 35.3 Å². The lowest BCUT2D eigenvalue weighted by atomic mass is 10.2. The molecule has 1 saturated heterocycles. The van der Waals surface area contributed by atoms with Crippen LogP contribution in [0, 0.1) is 13.8 Å². The van der Waals surface area contributed by atoms with E-state index < -0.39 is 0 Å². The van der Waals surface area contributed by atoms with Crippen molar-refractivity contribution in [1.29, 1.82) is 0 Å². The van der Waals surface area contributed by atoms with E-state index in [4.69, 9.17) is 21.3 Å². The van der Waals surface area contributed by atoms with Gasteiger partial charge in [-0.05, 0) is 43.7 Å². The standard InChI is InChI=1S/C20H22ClN3O2S2/c1-13-14(2)28-18-17(13)19(25)24(16-5-3-15(21)4-6-16)20(22-18)27-12-9-23-7-10-26-11-8-23/h3-6H,7-12H2,1-2H3. The number of rotatable bonds is 5. The number of aryl methyl sites for hydroxylation is 2. The first-order chi connectivity index (χ1) is 13.5. The van der Waals surface area contributed by atoms with Gasteiger partial charge in [-0.25, -0.2) is 4.98 Å². The Labute approximate surface area is 177 Å². The summed E-state index contributed by atoms with van der Waals surface area (Å²) in [5.74, 6) is 0.870. The molecule has 0 radical (unpaired) electrons. The molecule has 0 unspecified atom stereocenters. The summed E-state index contributed by atoms with van der Waals surface area (Å²) in [6.45, 7) is 8.48. The molecule has 2 aromatic heterocycles. The van der Waals surface area contributed by atoms with Gasteiger partial charge in [0.1, 0.15) is 4.83 Å². The molecular weight excluding hydrogens is 414 g/mol. The van der Waals surface area contributed by atoms with Crippen molar-refractivity contribution in [2.24, 2.45) is 0 Å². The minimum atomic E-state index is -0.0111. The molecule has 1 aromatic carbocycles. The van der Waals surface area contributed by atoms with Gasteiger partial charge in [0.2, 0.25) is 0 Å². The summed E-state index contributed by atoms with van der Waals surface area (Å²) >= 11 is 9.27. The minimum absolute atomic E-state index is 0.0111. The molecule has 1 fully saturated rings. The van der Waals surface area contributed by atoms with Crippen LogP contribution in [0.15, 0.2) is 34.2 Å². The molecule has 1 aliphatic rings. The summed E-state index contributed by atoms with van der Waals surface area (Å²) in [5, 5.41) is 2.10. The number of nitrogens with zero attached hydrogens (tertiary/aromatic N) is 3. The molecule has 0 spiro atoms. The Morgan fingerprint density at radius 1 is 1.21 bits per heavy atom. The van der Waals surface area contributed by atoms with Crippen LogP contribution < -0.4 is 5.56 Å². The number of halogens is 1. The highest BCUT2D eigenvalue weighted by molar-refractivity contribution is 7.99. The number of hydrogen-bond donors (Lipinski definition) is 0. The minimum Gasteiger partial charge on any atom is -0.379 e. The van der Waals surface area contributed by atoms with Crippen molar-refractivity contribution in [2.75, 3.05) is 38.6 Å². The quantitative estimate of drug-likeness (QED) is 0.445. The van der Waals surface area contributed by atoms with E-state index in [1.165, 1.54) is 0 Å². The molecule has 3 heterocycles. The van der Waals surface area contributed by atoms with Crippen LogP contribution in [0.5, 0.6) is 0 Å². The molecule has 0 N–H and O–H groups in total. The van der Waals surface area contributed by atoms with E-state index in [2.05, 4.69) is 4.90 Å². The monoisotopic (exact) mass is 435 g/mol. The van der Waals surface area contributed by atoms with Crippen molar-refractivity contribution in [3.05, 3.63) is 50.1 Å². The fourth-order valence-corrected chi connectivity index (χ4v) is 5.49. The van der Waals surface area contributed by atoms with Gasteiger partial charge in [-0.3, -0.25) is 14.3 Å². The highest BCUT2D eigenvalue weighted by Gasteiger charge is 2.18. The van der Waals surface area contributed by atoms with Gasteiger partial charge in [0.15, 0.2) is 5.16 Å². The van der Waals surface area contributed by atoms with E-state index in [0.717, 1.165) is 70.1 Å². The third-order valence-corrected chi connectivity index (χ3v) is 7.27. The lowest BCUT2D eigenvalue weighted by molar-refractivity contribution is 0.0410. The zero-order valence-electron chi connectivity index (χ0n) is 15.9. The first-order valence-electron chi connectivity index (χ1n) is 9.26. The molecule has 1 aliphatic heterocycles. The summed E-state index contributed by atoms with van der Waals surface area (Å²) in [5.41, 5.74) is 1.80. The van der Waals surface area contributed by atoms with E-state index in [0.29, 0.717) is 5.02 Å². The highest BCUT2D eigenvalue weighted by atomic mass is 35.5. The highest BCUT2D eigenvalue weighted by Crippen LogP contribution is 2.29. The number of morpholine rings is 1. The average molecular weight is 436 g/mol. The molecule has 0 amide bonds. The van der Waals surface area contributed by atoms with Gasteiger partial charge >= 0.3 is 0 Å². The first-order valence-corrected chi connectivity index (χ1v) is 11.4. The van der Waals surface area contributed by atoms with Crippen LogP contribution in [0.2, 0.25) is 5.02 Å². The fraction of sp³-hybridized carbons (Fsp3) is 0.400. The Bertz CT molecular complexity index is 1040. The molecule has 0 atom stereocenters. The summed E-state index contributed by atoms with van der Waals surface area (Å²) in [6, 6.07) is 7.36. The lowest BCUT2D eigenvalue weighted by Gasteiger charge is -2.26. The molecule has 28 heavy (non-hydrogen) atoms. The Hall–Kier alpha value is -1.38. The maximum absolute atomic E-state index is 13.4. The fourth-order valence-electron chi connectivity index (χ4n) is 3.28. The van der Waals surface area contributed by atoms with Crippen molar-refractivity contribution >= 4 is 44.9 Å². The van der Waals surface area contributed by atoms with Crippen LogP contribution in [-0.4, -0.2) is 53.1 Å². The van der Waals surface area contributed by atoms with Crippen LogP contribution in [0.25, 0.3) is 15.9 Å². The van der Waals surface area contributed by atoms with Crippen molar-refractivity contribution in [2.45, 2.75) is 19.0 Å². The maximum Gasteiger partial charge on any atom is 0.267 e. The van der Waals surface area contributed by atoms with Crippen LogP contribution in [0.4, 0.5) is 0 Å². The second-order valence-electron chi connectivity index (χ2n) is 6.78. The topological polar surface area (TPSA) is 47.4 Å². The van der Waals surface area contributed by atoms with Gasteiger partial charge in [-0.15, -0.1) is 11.3 Å². The van der Waals surface area contributed by atoms with Crippen LogP contribution in [0.1, 0.15) is 10.4 Å². The average Bonchev–Trinajstić information content (AvgIpc) is 2.98. The van der Waals surface area contributed by atoms with Crippen LogP contribution in [0.3, 0.4) is 0 Å². The molecular formula is C20H22ClN3O2S2. The number of hydrogen-bond acceptors (Lipinski definition) is 6. The third kappa shape index (κ3) is 4.00. The molecule has 0 bridgehead atoms. The van der Waals surface area contributed by atoms with E-state index in [1.807, 2.05) is 26.0 Å². The molecule has 3 aromatic rings. The first kappa shape index (κ1) is 19.9. The van der Waals surface area contributed by atoms with Gasteiger partial charge in [0.25, 0.3) is 5.56 Å². The smallest absolute Gasteiger partial charge is 0.267 e. The third-order valence-electron chi connectivity index (χ3n) is 5.00. The predicted octanol–water partition coefficient (Wildman–Crippen LogP) is 4.14. The molecule has 148 valence electrons. The second-order valence-corrected chi connectivity index (χ2v) is 9.48. The zero-order valence-corrected chi connectivity index (χ0v) is 18.3. The van der Waals surface area contributed by atoms with Crippen molar-refractivity contribution < 1.29 is 4.74 Å². The van der Waals surface area contributed by atoms with Crippen molar-refractivity contribution in [3.63, 3.8) is 0 Å². The Balaban J connectivity index is 1.71. The van der Waals surface area contributed by atoms with E-state index >= 15 is 0 Å². The number of thiophene rings is 1. The summed E-state index contributed by atoms with van der Waals surface area (Å²) in [4.78, 5) is 22.6. The van der Waals surface area contributed by atoms with Gasteiger partial charge in [-0.1, -0.05) is 23.4 Å². The number of aromatic nitrogens is 2. The summed E-state index contributed by atoms with van der Waals surface area (Å²) in [6.07, 6.45) is 0. The SMILES string of the molecule is Cc1sc2nc(SCCN3CCOCC3)n(-c3ccc(Cl)cc3)c(=O)c2c1C. The Kier molecular flexibility index (Phi) is 6.08. The largest absolute Gasteiger partial charge is 0.379 e.